The normalized spacial score (nSPS) is 13.2. The summed E-state index contributed by atoms with van der Waals surface area (Å²) in [7, 11) is 0. The second kappa shape index (κ2) is 18.8. The van der Waals surface area contributed by atoms with E-state index in [1.807, 2.05) is 67.6 Å². The first kappa shape index (κ1) is 41.3. The van der Waals surface area contributed by atoms with Gasteiger partial charge in [0.2, 0.25) is 0 Å². The minimum Gasteiger partial charge on any atom is -0.406 e. The average molecular weight is 841 g/mol. The van der Waals surface area contributed by atoms with Gasteiger partial charge in [-0.15, -0.1) is 13.2 Å². The maximum absolute atomic E-state index is 13.0. The van der Waals surface area contributed by atoms with Crippen LogP contribution in [0.15, 0.2) is 122 Å². The maximum atomic E-state index is 13.0. The van der Waals surface area contributed by atoms with E-state index in [0.29, 0.717) is 29.3 Å². The number of aryl methyl sites for hydroxylation is 1. The van der Waals surface area contributed by atoms with Crippen molar-refractivity contribution in [2.24, 2.45) is 0 Å². The van der Waals surface area contributed by atoms with Crippen molar-refractivity contribution in [1.82, 2.24) is 24.7 Å². The highest BCUT2D eigenvalue weighted by Crippen LogP contribution is 2.32. The number of pyridine rings is 1. The van der Waals surface area contributed by atoms with E-state index in [0.717, 1.165) is 83.1 Å². The number of ether oxygens (including phenoxy) is 1. The third-order valence-corrected chi connectivity index (χ3v) is 10.7. The van der Waals surface area contributed by atoms with Crippen LogP contribution in [0.4, 0.5) is 24.7 Å². The van der Waals surface area contributed by atoms with Crippen LogP contribution in [0.25, 0.3) is 16.6 Å². The van der Waals surface area contributed by atoms with Crippen molar-refractivity contribution in [1.29, 1.82) is 0 Å². The number of halogens is 5. The molecule has 14 heteroatoms. The Morgan fingerprint density at radius 1 is 0.847 bits per heavy atom. The van der Waals surface area contributed by atoms with Crippen LogP contribution in [0, 0.1) is 0 Å². The first-order chi connectivity index (χ1) is 28.5. The molecular formula is C45H42Cl2F3N7O2. The number of piperidine rings is 1. The zero-order chi connectivity index (χ0) is 41.4. The largest absolute Gasteiger partial charge is 0.573 e. The lowest BCUT2D eigenvalue weighted by molar-refractivity contribution is -0.274. The standard InChI is InChI=1S/C29H28ClF3N4O2.C16H14ClN3/c1-2-25-27(37-18-22(30)7-12-26(37)35-25)28(38)34-17-19-3-8-23(9-4-19)36-15-13-21(14-16-36)20-5-10-24(11-6-20)39-29(31,32)33;17-13-7-5-12(6-8-13)9-10-18-16-14-3-1-2-4-15(14)19-11-20-16/h3-12,18,21H,2,13-17H2,1H3,(H,34,38);1-8,11H,9-10H2,(H,18,19,20). The van der Waals surface area contributed by atoms with Gasteiger partial charge in [0.25, 0.3) is 5.91 Å². The van der Waals surface area contributed by atoms with Crippen molar-refractivity contribution in [3.8, 4) is 5.75 Å². The van der Waals surface area contributed by atoms with Gasteiger partial charge in [-0.1, -0.05) is 78.7 Å². The first-order valence-corrected chi connectivity index (χ1v) is 20.1. The van der Waals surface area contributed by atoms with Crippen molar-refractivity contribution in [3.05, 3.63) is 160 Å². The van der Waals surface area contributed by atoms with E-state index in [-0.39, 0.29) is 17.6 Å². The van der Waals surface area contributed by atoms with Crippen LogP contribution >= 0.6 is 23.2 Å². The Bertz CT molecular complexity index is 2480. The number of alkyl halides is 3. The van der Waals surface area contributed by atoms with Gasteiger partial charge >= 0.3 is 6.36 Å². The molecule has 4 heterocycles. The summed E-state index contributed by atoms with van der Waals surface area (Å²) < 4.78 is 42.9. The molecule has 1 aliphatic heterocycles. The van der Waals surface area contributed by atoms with Gasteiger partial charge in [-0.3, -0.25) is 9.20 Å². The van der Waals surface area contributed by atoms with E-state index in [4.69, 9.17) is 23.2 Å². The fourth-order valence-electron chi connectivity index (χ4n) is 7.18. The number of hydrogen-bond acceptors (Lipinski definition) is 7. The Labute approximate surface area is 350 Å². The van der Waals surface area contributed by atoms with Gasteiger partial charge in [0.1, 0.15) is 29.2 Å². The van der Waals surface area contributed by atoms with E-state index in [9.17, 15) is 18.0 Å². The number of aromatic nitrogens is 4. The summed E-state index contributed by atoms with van der Waals surface area (Å²) in [6, 6.07) is 33.8. The highest BCUT2D eigenvalue weighted by molar-refractivity contribution is 6.30. The Morgan fingerprint density at radius 2 is 1.54 bits per heavy atom. The molecule has 0 spiro atoms. The van der Waals surface area contributed by atoms with Gasteiger partial charge in [0.05, 0.1) is 16.2 Å². The summed E-state index contributed by atoms with van der Waals surface area (Å²) in [4.78, 5) is 28.5. The van der Waals surface area contributed by atoms with Gasteiger partial charge < -0.3 is 20.3 Å². The number of amides is 1. The molecule has 2 N–H and O–H groups in total. The van der Waals surface area contributed by atoms with Gasteiger partial charge in [0, 0.05) is 48.5 Å². The Hall–Kier alpha value is -5.85. The molecule has 3 aromatic heterocycles. The smallest absolute Gasteiger partial charge is 0.406 e. The number of para-hydroxylation sites is 1. The molecule has 0 radical (unpaired) electrons. The fourth-order valence-corrected chi connectivity index (χ4v) is 7.47. The number of carbonyl (C=O) groups is 1. The number of nitrogens with one attached hydrogen (secondary N) is 2. The number of nitrogens with zero attached hydrogens (tertiary/aromatic N) is 5. The van der Waals surface area contributed by atoms with E-state index >= 15 is 0 Å². The molecule has 9 nitrogen and oxygen atoms in total. The third kappa shape index (κ3) is 10.8. The zero-order valence-electron chi connectivity index (χ0n) is 32.2. The van der Waals surface area contributed by atoms with E-state index in [1.54, 1.807) is 41.2 Å². The lowest BCUT2D eigenvalue weighted by atomic mass is 9.89. The van der Waals surface area contributed by atoms with Crippen LogP contribution in [-0.2, 0) is 19.4 Å². The van der Waals surface area contributed by atoms with Crippen LogP contribution < -0.4 is 20.3 Å². The summed E-state index contributed by atoms with van der Waals surface area (Å²) in [5, 5.41) is 8.71. The highest BCUT2D eigenvalue weighted by Gasteiger charge is 2.31. The molecule has 1 amide bonds. The molecule has 0 aliphatic carbocycles. The SMILES string of the molecule is CCc1nc2ccc(Cl)cn2c1C(=O)NCc1ccc(N2CCC(c3ccc(OC(F)(F)F)cc3)CC2)cc1.Clc1ccc(CCNc2ncnc3ccccc23)cc1. The van der Waals surface area contributed by atoms with Gasteiger partial charge in [0.15, 0.2) is 0 Å². The van der Waals surface area contributed by atoms with Gasteiger partial charge in [-0.05, 0) is 109 Å². The van der Waals surface area contributed by atoms with E-state index < -0.39 is 6.36 Å². The number of imidazole rings is 1. The number of fused-ring (bicyclic) bond motifs is 2. The van der Waals surface area contributed by atoms with Crippen LogP contribution in [-0.4, -0.2) is 51.3 Å². The fraction of sp³-hybridized carbons (Fsp3) is 0.244. The summed E-state index contributed by atoms with van der Waals surface area (Å²) in [5.41, 5.74) is 7.21. The van der Waals surface area contributed by atoms with Crippen LogP contribution in [0.2, 0.25) is 10.0 Å². The summed E-state index contributed by atoms with van der Waals surface area (Å²) in [6.07, 6.45) is 1.97. The molecule has 0 unspecified atom stereocenters. The van der Waals surface area contributed by atoms with Crippen molar-refractivity contribution in [3.63, 3.8) is 0 Å². The summed E-state index contributed by atoms with van der Waals surface area (Å²) >= 11 is 12.0. The second-order valence-electron chi connectivity index (χ2n) is 14.1. The lowest BCUT2D eigenvalue weighted by Gasteiger charge is -2.34. The lowest BCUT2D eigenvalue weighted by Crippen LogP contribution is -2.32. The number of anilines is 2. The van der Waals surface area contributed by atoms with Crippen molar-refractivity contribution in [2.75, 3.05) is 29.9 Å². The molecule has 7 aromatic rings. The molecule has 0 bridgehead atoms. The Balaban J connectivity index is 0.000000221. The first-order valence-electron chi connectivity index (χ1n) is 19.4. The third-order valence-electron chi connectivity index (χ3n) is 10.2. The topological polar surface area (TPSA) is 96.7 Å². The monoisotopic (exact) mass is 839 g/mol. The number of carbonyl (C=O) groups excluding carboxylic acids is 1. The number of hydrogen-bond donors (Lipinski definition) is 2. The second-order valence-corrected chi connectivity index (χ2v) is 15.0. The van der Waals surface area contributed by atoms with Crippen molar-refractivity contribution < 1.29 is 22.7 Å². The van der Waals surface area contributed by atoms with Crippen molar-refractivity contribution >= 4 is 57.2 Å². The molecule has 0 atom stereocenters. The van der Waals surface area contributed by atoms with Crippen LogP contribution in [0.3, 0.4) is 0 Å². The van der Waals surface area contributed by atoms with E-state index in [1.165, 1.54) is 17.7 Å². The Kier molecular flexibility index (Phi) is 13.2. The Morgan fingerprint density at radius 3 is 2.25 bits per heavy atom. The predicted octanol–water partition coefficient (Wildman–Crippen LogP) is 10.7. The molecule has 0 saturated carbocycles. The molecule has 59 heavy (non-hydrogen) atoms. The summed E-state index contributed by atoms with van der Waals surface area (Å²) in [5.74, 6) is 0.766. The zero-order valence-corrected chi connectivity index (χ0v) is 33.7. The van der Waals surface area contributed by atoms with Gasteiger partial charge in [-0.2, -0.15) is 0 Å². The number of benzene rings is 4. The van der Waals surface area contributed by atoms with Crippen molar-refractivity contribution in [2.45, 2.75) is 51.4 Å². The molecule has 1 fully saturated rings. The number of rotatable bonds is 11. The molecule has 1 aliphatic rings. The highest BCUT2D eigenvalue weighted by atomic mass is 35.5. The van der Waals surface area contributed by atoms with Crippen LogP contribution in [0.5, 0.6) is 5.75 Å². The molecule has 8 rings (SSSR count). The molecule has 1 saturated heterocycles. The molecule has 304 valence electrons. The van der Waals surface area contributed by atoms with Crippen LogP contribution in [0.1, 0.15) is 58.6 Å². The average Bonchev–Trinajstić information content (AvgIpc) is 3.62. The predicted molar refractivity (Wildman–Crippen MR) is 228 cm³/mol. The molecule has 4 aromatic carbocycles. The minimum atomic E-state index is -4.68. The summed E-state index contributed by atoms with van der Waals surface area (Å²) in [6.45, 7) is 4.86. The quantitative estimate of drug-likeness (QED) is 0.134. The van der Waals surface area contributed by atoms with E-state index in [2.05, 4.69) is 47.4 Å². The van der Waals surface area contributed by atoms with Gasteiger partial charge in [-0.25, -0.2) is 15.0 Å². The minimum absolute atomic E-state index is 0.200. The maximum Gasteiger partial charge on any atom is 0.573 e. The molecular weight excluding hydrogens is 798 g/mol.